The van der Waals surface area contributed by atoms with Gasteiger partial charge in [-0.2, -0.15) is 14.6 Å². The van der Waals surface area contributed by atoms with E-state index in [2.05, 4.69) is 44.5 Å². The van der Waals surface area contributed by atoms with Gasteiger partial charge in [0.1, 0.15) is 11.0 Å². The molecule has 4 aromatic rings. The van der Waals surface area contributed by atoms with Gasteiger partial charge in [0.05, 0.1) is 6.20 Å². The number of nitrogens with zero attached hydrogens (tertiary/aromatic N) is 6. The Morgan fingerprint density at radius 2 is 2.12 bits per heavy atom. The van der Waals surface area contributed by atoms with E-state index < -0.39 is 0 Å². The molecule has 0 saturated carbocycles. The lowest BCUT2D eigenvalue weighted by molar-refractivity contribution is 0.315. The number of aromatic nitrogens is 6. The standard InChI is InChI=1S/C16H17N7OS/c1-9(2)11-8-18-23-14(11)19-16(25-3)20-15(23)17-7-10-5-4-6-12-13(10)22-24-21-12/h4-6,8-9H,7H2,1-3H3,(H,17,19,20). The van der Waals surface area contributed by atoms with E-state index in [4.69, 9.17) is 4.63 Å². The van der Waals surface area contributed by atoms with Crippen LogP contribution in [-0.4, -0.2) is 36.2 Å². The molecule has 128 valence electrons. The molecule has 0 fully saturated rings. The Balaban J connectivity index is 1.72. The Kier molecular flexibility index (Phi) is 4.00. The number of fused-ring (bicyclic) bond motifs is 2. The highest BCUT2D eigenvalue weighted by atomic mass is 32.2. The third-order valence-electron chi connectivity index (χ3n) is 3.99. The zero-order valence-electron chi connectivity index (χ0n) is 14.1. The van der Waals surface area contributed by atoms with Gasteiger partial charge in [-0.25, -0.2) is 9.61 Å². The zero-order valence-corrected chi connectivity index (χ0v) is 14.9. The van der Waals surface area contributed by atoms with Crippen LogP contribution in [0.15, 0.2) is 34.2 Å². The van der Waals surface area contributed by atoms with Crippen molar-refractivity contribution in [3.8, 4) is 0 Å². The summed E-state index contributed by atoms with van der Waals surface area (Å²) in [5, 5.41) is 16.3. The van der Waals surface area contributed by atoms with Crippen LogP contribution in [0.3, 0.4) is 0 Å². The molecule has 1 N–H and O–H groups in total. The molecular weight excluding hydrogens is 338 g/mol. The summed E-state index contributed by atoms with van der Waals surface area (Å²) < 4.78 is 6.57. The quantitative estimate of drug-likeness (QED) is 0.546. The second-order valence-corrected chi connectivity index (χ2v) is 6.70. The van der Waals surface area contributed by atoms with Crippen LogP contribution in [0.4, 0.5) is 5.95 Å². The van der Waals surface area contributed by atoms with Crippen molar-refractivity contribution in [2.75, 3.05) is 11.6 Å². The number of nitrogens with one attached hydrogen (secondary N) is 1. The second-order valence-electron chi connectivity index (χ2n) is 5.93. The fourth-order valence-electron chi connectivity index (χ4n) is 2.67. The number of rotatable bonds is 5. The molecule has 1 aromatic carbocycles. The van der Waals surface area contributed by atoms with Crippen molar-refractivity contribution in [2.24, 2.45) is 0 Å². The normalized spacial score (nSPS) is 11.7. The number of hydrogen-bond acceptors (Lipinski definition) is 8. The van der Waals surface area contributed by atoms with Crippen molar-refractivity contribution in [3.05, 3.63) is 35.5 Å². The van der Waals surface area contributed by atoms with E-state index >= 15 is 0 Å². The summed E-state index contributed by atoms with van der Waals surface area (Å²) in [5.41, 5.74) is 4.39. The highest BCUT2D eigenvalue weighted by Gasteiger charge is 2.15. The van der Waals surface area contributed by atoms with Crippen molar-refractivity contribution < 1.29 is 4.63 Å². The van der Waals surface area contributed by atoms with Gasteiger partial charge in [-0.1, -0.05) is 37.7 Å². The van der Waals surface area contributed by atoms with Crippen LogP contribution >= 0.6 is 11.8 Å². The summed E-state index contributed by atoms with van der Waals surface area (Å²) >= 11 is 1.51. The Morgan fingerprint density at radius 3 is 2.92 bits per heavy atom. The lowest BCUT2D eigenvalue weighted by atomic mass is 10.1. The maximum atomic E-state index is 4.82. The molecule has 0 amide bonds. The van der Waals surface area contributed by atoms with Gasteiger partial charge in [0.25, 0.3) is 0 Å². The lowest BCUT2D eigenvalue weighted by Gasteiger charge is -2.09. The molecule has 25 heavy (non-hydrogen) atoms. The van der Waals surface area contributed by atoms with Crippen LogP contribution in [0.25, 0.3) is 16.7 Å². The molecule has 4 rings (SSSR count). The summed E-state index contributed by atoms with van der Waals surface area (Å²) in [5.74, 6) is 0.986. The van der Waals surface area contributed by atoms with Crippen LogP contribution in [0.5, 0.6) is 0 Å². The second kappa shape index (κ2) is 6.32. The zero-order chi connectivity index (χ0) is 17.4. The predicted molar refractivity (Wildman–Crippen MR) is 95.8 cm³/mol. The van der Waals surface area contributed by atoms with Crippen LogP contribution in [0.2, 0.25) is 0 Å². The molecule has 0 saturated heterocycles. The highest BCUT2D eigenvalue weighted by molar-refractivity contribution is 7.98. The number of anilines is 1. The molecule has 8 nitrogen and oxygen atoms in total. The van der Waals surface area contributed by atoms with Crippen molar-refractivity contribution in [1.82, 2.24) is 29.9 Å². The highest BCUT2D eigenvalue weighted by Crippen LogP contribution is 2.23. The molecule has 3 heterocycles. The molecule has 0 atom stereocenters. The molecule has 0 aliphatic carbocycles. The summed E-state index contributed by atoms with van der Waals surface area (Å²) in [6, 6.07) is 5.78. The van der Waals surface area contributed by atoms with Gasteiger partial charge >= 0.3 is 0 Å². The maximum Gasteiger partial charge on any atom is 0.228 e. The first-order valence-electron chi connectivity index (χ1n) is 7.91. The maximum absolute atomic E-state index is 4.82. The Bertz CT molecular complexity index is 1040. The molecule has 0 aliphatic heterocycles. The first-order valence-corrected chi connectivity index (χ1v) is 9.13. The van der Waals surface area contributed by atoms with Crippen molar-refractivity contribution in [3.63, 3.8) is 0 Å². The number of hydrogen-bond donors (Lipinski definition) is 1. The van der Waals surface area contributed by atoms with E-state index in [-0.39, 0.29) is 0 Å². The largest absolute Gasteiger partial charge is 0.350 e. The minimum absolute atomic E-state index is 0.338. The van der Waals surface area contributed by atoms with Gasteiger partial charge in [-0.05, 0) is 28.6 Å². The molecule has 0 bridgehead atoms. The molecule has 0 spiro atoms. The monoisotopic (exact) mass is 355 g/mol. The first kappa shape index (κ1) is 15.8. The van der Waals surface area contributed by atoms with Gasteiger partial charge in [0.15, 0.2) is 10.8 Å². The third-order valence-corrected chi connectivity index (χ3v) is 4.53. The molecular formula is C16H17N7OS. The molecule has 3 aromatic heterocycles. The Hall–Kier alpha value is -2.68. The average Bonchev–Trinajstić information content (AvgIpc) is 3.26. The van der Waals surface area contributed by atoms with E-state index in [1.165, 1.54) is 11.8 Å². The number of benzene rings is 1. The van der Waals surface area contributed by atoms with Crippen LogP contribution in [-0.2, 0) is 6.54 Å². The van der Waals surface area contributed by atoms with Gasteiger partial charge in [-0.15, -0.1) is 0 Å². The fraction of sp³-hybridized carbons (Fsp3) is 0.312. The average molecular weight is 355 g/mol. The van der Waals surface area contributed by atoms with Crippen molar-refractivity contribution in [1.29, 1.82) is 0 Å². The van der Waals surface area contributed by atoms with Crippen LogP contribution in [0.1, 0.15) is 30.9 Å². The van der Waals surface area contributed by atoms with Gasteiger partial charge in [0, 0.05) is 17.7 Å². The SMILES string of the molecule is CSc1nc(NCc2cccc3nonc23)n2ncc(C(C)C)c2n1. The van der Waals surface area contributed by atoms with Crippen LogP contribution in [0, 0.1) is 0 Å². The predicted octanol–water partition coefficient (Wildman–Crippen LogP) is 3.12. The molecule has 0 unspecified atom stereocenters. The summed E-state index contributed by atoms with van der Waals surface area (Å²) in [6.07, 6.45) is 3.81. The summed E-state index contributed by atoms with van der Waals surface area (Å²) in [7, 11) is 0. The van der Waals surface area contributed by atoms with E-state index in [0.29, 0.717) is 23.6 Å². The lowest BCUT2D eigenvalue weighted by Crippen LogP contribution is -2.10. The van der Waals surface area contributed by atoms with E-state index in [0.717, 1.165) is 27.8 Å². The Labute approximate surface area is 148 Å². The Morgan fingerprint density at radius 1 is 1.24 bits per heavy atom. The smallest absolute Gasteiger partial charge is 0.228 e. The van der Waals surface area contributed by atoms with Gasteiger partial charge < -0.3 is 5.32 Å². The molecule has 0 aliphatic rings. The van der Waals surface area contributed by atoms with E-state index in [1.54, 1.807) is 4.52 Å². The molecule has 0 radical (unpaired) electrons. The van der Waals surface area contributed by atoms with Crippen LogP contribution < -0.4 is 5.32 Å². The van der Waals surface area contributed by atoms with Crippen molar-refractivity contribution in [2.45, 2.75) is 31.5 Å². The van der Waals surface area contributed by atoms with E-state index in [1.807, 2.05) is 30.7 Å². The van der Waals surface area contributed by atoms with Gasteiger partial charge in [0.2, 0.25) is 5.95 Å². The first-order chi connectivity index (χ1) is 12.2. The number of thioether (sulfide) groups is 1. The summed E-state index contributed by atoms with van der Waals surface area (Å²) in [6.45, 7) is 4.79. The fourth-order valence-corrected chi connectivity index (χ4v) is 3.02. The minimum Gasteiger partial charge on any atom is -0.350 e. The molecule has 9 heteroatoms. The van der Waals surface area contributed by atoms with Gasteiger partial charge in [-0.3, -0.25) is 0 Å². The topological polar surface area (TPSA) is 94.0 Å². The summed E-state index contributed by atoms with van der Waals surface area (Å²) in [4.78, 5) is 9.16. The van der Waals surface area contributed by atoms with Crippen molar-refractivity contribution >= 4 is 34.4 Å². The third kappa shape index (κ3) is 2.80. The minimum atomic E-state index is 0.338. The van der Waals surface area contributed by atoms with E-state index in [9.17, 15) is 0 Å².